The van der Waals surface area contributed by atoms with Gasteiger partial charge in [-0.25, -0.2) is 0 Å². The highest BCUT2D eigenvalue weighted by Crippen LogP contribution is 2.14. The third-order valence-electron chi connectivity index (χ3n) is 3.86. The maximum atomic E-state index is 12.2. The zero-order valence-corrected chi connectivity index (χ0v) is 11.5. The minimum absolute atomic E-state index is 0.0697. The van der Waals surface area contributed by atoms with Gasteiger partial charge in [0.15, 0.2) is 0 Å². The van der Waals surface area contributed by atoms with Gasteiger partial charge in [-0.05, 0) is 25.5 Å². The second-order valence-electron chi connectivity index (χ2n) is 4.98. The Morgan fingerprint density at radius 3 is 2.68 bits per heavy atom. The van der Waals surface area contributed by atoms with Gasteiger partial charge in [0.2, 0.25) is 0 Å². The summed E-state index contributed by atoms with van der Waals surface area (Å²) in [5.41, 5.74) is 6.29. The van der Waals surface area contributed by atoms with Gasteiger partial charge in [0, 0.05) is 32.2 Å². The molecule has 2 rings (SSSR count). The molecule has 1 fully saturated rings. The van der Waals surface area contributed by atoms with Crippen molar-refractivity contribution < 1.29 is 9.21 Å². The Balaban J connectivity index is 1.87. The maximum absolute atomic E-state index is 12.2. The molecule has 0 bridgehead atoms. The zero-order chi connectivity index (χ0) is 13.7. The highest BCUT2D eigenvalue weighted by molar-refractivity contribution is 5.93. The van der Waals surface area contributed by atoms with Gasteiger partial charge < -0.3 is 15.1 Å². The number of carbonyl (C=O) groups excluding carboxylic acids is 1. The van der Waals surface area contributed by atoms with E-state index in [1.54, 1.807) is 6.07 Å². The molecule has 5 heteroatoms. The SMILES string of the molecule is CCC(CCN)N1CCN(C(=O)c2ccoc2)CC1. The van der Waals surface area contributed by atoms with Crippen molar-refractivity contribution in [3.63, 3.8) is 0 Å². The molecule has 1 aliphatic heterocycles. The molecule has 1 saturated heterocycles. The van der Waals surface area contributed by atoms with Crippen molar-refractivity contribution >= 4 is 5.91 Å². The summed E-state index contributed by atoms with van der Waals surface area (Å²) in [6.45, 7) is 6.36. The molecular weight excluding hydrogens is 242 g/mol. The third-order valence-corrected chi connectivity index (χ3v) is 3.86. The third kappa shape index (κ3) is 3.36. The van der Waals surface area contributed by atoms with E-state index in [-0.39, 0.29) is 5.91 Å². The summed E-state index contributed by atoms with van der Waals surface area (Å²) in [5.74, 6) is 0.0697. The van der Waals surface area contributed by atoms with E-state index in [2.05, 4.69) is 11.8 Å². The molecule has 1 atom stereocenters. The van der Waals surface area contributed by atoms with Crippen molar-refractivity contribution in [2.24, 2.45) is 5.73 Å². The molecule has 0 aliphatic carbocycles. The first-order valence-electron chi connectivity index (χ1n) is 7.01. The molecule has 106 valence electrons. The quantitative estimate of drug-likeness (QED) is 0.868. The maximum Gasteiger partial charge on any atom is 0.257 e. The van der Waals surface area contributed by atoms with Crippen LogP contribution in [0.4, 0.5) is 0 Å². The Labute approximate surface area is 114 Å². The summed E-state index contributed by atoms with van der Waals surface area (Å²) in [7, 11) is 0. The number of rotatable bonds is 5. The van der Waals surface area contributed by atoms with E-state index in [1.165, 1.54) is 12.5 Å². The summed E-state index contributed by atoms with van der Waals surface area (Å²) in [6.07, 6.45) is 5.20. The largest absolute Gasteiger partial charge is 0.472 e. The fourth-order valence-electron chi connectivity index (χ4n) is 2.70. The standard InChI is InChI=1S/C14H23N3O2/c1-2-13(3-5-15)16-6-8-17(9-7-16)14(18)12-4-10-19-11-12/h4,10-11,13H,2-3,5-9,15H2,1H3. The van der Waals surface area contributed by atoms with Gasteiger partial charge in [0.25, 0.3) is 5.91 Å². The second kappa shape index (κ2) is 6.73. The van der Waals surface area contributed by atoms with Crippen molar-refractivity contribution in [1.82, 2.24) is 9.80 Å². The topological polar surface area (TPSA) is 62.7 Å². The van der Waals surface area contributed by atoms with Crippen LogP contribution in [-0.2, 0) is 0 Å². The summed E-state index contributed by atoms with van der Waals surface area (Å²) in [6, 6.07) is 2.27. The molecule has 5 nitrogen and oxygen atoms in total. The monoisotopic (exact) mass is 265 g/mol. The number of carbonyl (C=O) groups is 1. The van der Waals surface area contributed by atoms with Crippen molar-refractivity contribution in [3.05, 3.63) is 24.2 Å². The molecule has 1 aromatic rings. The van der Waals surface area contributed by atoms with Crippen molar-refractivity contribution in [1.29, 1.82) is 0 Å². The molecular formula is C14H23N3O2. The fourth-order valence-corrected chi connectivity index (χ4v) is 2.70. The zero-order valence-electron chi connectivity index (χ0n) is 11.5. The van der Waals surface area contributed by atoms with Crippen LogP contribution in [0.5, 0.6) is 0 Å². The summed E-state index contributed by atoms with van der Waals surface area (Å²) in [4.78, 5) is 16.5. The van der Waals surface area contributed by atoms with E-state index in [0.29, 0.717) is 11.6 Å². The molecule has 0 radical (unpaired) electrons. The first kappa shape index (κ1) is 14.1. The van der Waals surface area contributed by atoms with Gasteiger partial charge in [-0.2, -0.15) is 0 Å². The van der Waals surface area contributed by atoms with Gasteiger partial charge in [0.05, 0.1) is 11.8 Å². The lowest BCUT2D eigenvalue weighted by atomic mass is 10.1. The molecule has 0 aromatic carbocycles. The van der Waals surface area contributed by atoms with Crippen LogP contribution in [0.15, 0.2) is 23.0 Å². The summed E-state index contributed by atoms with van der Waals surface area (Å²) in [5, 5.41) is 0. The van der Waals surface area contributed by atoms with Crippen LogP contribution in [0.3, 0.4) is 0 Å². The normalized spacial score (nSPS) is 18.5. The first-order chi connectivity index (χ1) is 9.26. The second-order valence-corrected chi connectivity index (χ2v) is 4.98. The van der Waals surface area contributed by atoms with E-state index >= 15 is 0 Å². The van der Waals surface area contributed by atoms with E-state index in [4.69, 9.17) is 10.2 Å². The van der Waals surface area contributed by atoms with Gasteiger partial charge in [-0.1, -0.05) is 6.92 Å². The number of amides is 1. The van der Waals surface area contributed by atoms with E-state index in [1.807, 2.05) is 4.90 Å². The molecule has 0 spiro atoms. The minimum atomic E-state index is 0.0697. The number of nitrogens with two attached hydrogens (primary N) is 1. The van der Waals surface area contributed by atoms with E-state index < -0.39 is 0 Å². The van der Waals surface area contributed by atoms with Crippen LogP contribution in [0.25, 0.3) is 0 Å². The van der Waals surface area contributed by atoms with Crippen LogP contribution in [0.1, 0.15) is 30.1 Å². The molecule has 1 aromatic heterocycles. The first-order valence-corrected chi connectivity index (χ1v) is 7.01. The lowest BCUT2D eigenvalue weighted by Crippen LogP contribution is -2.52. The van der Waals surface area contributed by atoms with Crippen LogP contribution in [0.2, 0.25) is 0 Å². The molecule has 1 unspecified atom stereocenters. The molecule has 1 aliphatic rings. The lowest BCUT2D eigenvalue weighted by molar-refractivity contribution is 0.0556. The summed E-state index contributed by atoms with van der Waals surface area (Å²) >= 11 is 0. The summed E-state index contributed by atoms with van der Waals surface area (Å²) < 4.78 is 4.96. The molecule has 19 heavy (non-hydrogen) atoms. The number of hydrogen-bond donors (Lipinski definition) is 1. The van der Waals surface area contributed by atoms with E-state index in [0.717, 1.165) is 45.6 Å². The predicted octanol–water partition coefficient (Wildman–Crippen LogP) is 1.16. The fraction of sp³-hybridized carbons (Fsp3) is 0.643. The lowest BCUT2D eigenvalue weighted by Gasteiger charge is -2.39. The molecule has 2 N–H and O–H groups in total. The highest BCUT2D eigenvalue weighted by Gasteiger charge is 2.25. The van der Waals surface area contributed by atoms with Gasteiger partial charge in [0.1, 0.15) is 6.26 Å². The van der Waals surface area contributed by atoms with Gasteiger partial charge in [-0.15, -0.1) is 0 Å². The predicted molar refractivity (Wildman–Crippen MR) is 73.9 cm³/mol. The number of nitrogens with zero attached hydrogens (tertiary/aromatic N) is 2. The van der Waals surface area contributed by atoms with Crippen LogP contribution in [0, 0.1) is 0 Å². The Morgan fingerprint density at radius 1 is 1.42 bits per heavy atom. The molecule has 0 saturated carbocycles. The average Bonchev–Trinajstić information content (AvgIpc) is 2.98. The number of furan rings is 1. The molecule has 1 amide bonds. The van der Waals surface area contributed by atoms with Gasteiger partial charge >= 0.3 is 0 Å². The van der Waals surface area contributed by atoms with Crippen LogP contribution < -0.4 is 5.73 Å². The van der Waals surface area contributed by atoms with Gasteiger partial charge in [-0.3, -0.25) is 9.69 Å². The number of hydrogen-bond acceptors (Lipinski definition) is 4. The van der Waals surface area contributed by atoms with E-state index in [9.17, 15) is 4.79 Å². The van der Waals surface area contributed by atoms with Crippen molar-refractivity contribution in [2.75, 3.05) is 32.7 Å². The van der Waals surface area contributed by atoms with Crippen LogP contribution in [-0.4, -0.2) is 54.5 Å². The number of piperazine rings is 1. The van der Waals surface area contributed by atoms with Crippen molar-refractivity contribution in [2.45, 2.75) is 25.8 Å². The molecule has 2 heterocycles. The Kier molecular flexibility index (Phi) is 4.99. The Morgan fingerprint density at radius 2 is 2.16 bits per heavy atom. The Bertz CT molecular complexity index is 383. The van der Waals surface area contributed by atoms with Crippen LogP contribution >= 0.6 is 0 Å². The Hall–Kier alpha value is -1.33. The minimum Gasteiger partial charge on any atom is -0.472 e. The smallest absolute Gasteiger partial charge is 0.257 e. The highest BCUT2D eigenvalue weighted by atomic mass is 16.3. The van der Waals surface area contributed by atoms with Crippen molar-refractivity contribution in [3.8, 4) is 0 Å². The average molecular weight is 265 g/mol.